The highest BCUT2D eigenvalue weighted by molar-refractivity contribution is 5.93. The molecule has 0 aromatic heterocycles. The predicted octanol–water partition coefficient (Wildman–Crippen LogP) is -2.47. The first-order chi connectivity index (χ1) is 15.1. The molecule has 176 valence electrons. The summed E-state index contributed by atoms with van der Waals surface area (Å²) >= 11 is 0. The molecule has 32 heavy (non-hydrogen) atoms. The molecule has 6 N–H and O–H groups in total. The average Bonchev–Trinajstić information content (AvgIpc) is 3.28. The number of hydrogen-bond donors (Lipinski definition) is 6. The summed E-state index contributed by atoms with van der Waals surface area (Å²) in [5.41, 5.74) is -1.65. The number of esters is 1. The molecule has 12 heteroatoms. The summed E-state index contributed by atoms with van der Waals surface area (Å²) in [6, 6.07) is 0. The van der Waals surface area contributed by atoms with Crippen molar-refractivity contribution in [2.24, 2.45) is 11.8 Å². The Morgan fingerprint density at radius 2 is 1.94 bits per heavy atom. The van der Waals surface area contributed by atoms with Crippen LogP contribution >= 0.6 is 0 Å². The van der Waals surface area contributed by atoms with Crippen molar-refractivity contribution in [3.63, 3.8) is 0 Å². The second-order valence-corrected chi connectivity index (χ2v) is 8.15. The molecule has 10 atom stereocenters. The number of carbonyl (C=O) groups is 2. The van der Waals surface area contributed by atoms with E-state index in [2.05, 4.69) is 0 Å². The second-order valence-electron chi connectivity index (χ2n) is 8.15. The van der Waals surface area contributed by atoms with Crippen LogP contribution in [0.2, 0.25) is 0 Å². The maximum atomic E-state index is 12.3. The molecule has 12 nitrogen and oxygen atoms in total. The molecule has 0 aromatic carbocycles. The lowest BCUT2D eigenvalue weighted by Crippen LogP contribution is -2.60. The highest BCUT2D eigenvalue weighted by Gasteiger charge is 2.59. The highest BCUT2D eigenvalue weighted by Crippen LogP contribution is 2.50. The second kappa shape index (κ2) is 8.23. The monoisotopic (exact) mass is 456 g/mol. The SMILES string of the molecule is CC(O)C1=C[C@@]2(C=CC3C(C(=O)O)=COC(OC4OC(CO)C(O)C(O)C4O)C32)OC1=O. The van der Waals surface area contributed by atoms with Crippen molar-refractivity contribution in [3.8, 4) is 0 Å². The van der Waals surface area contributed by atoms with Crippen molar-refractivity contribution in [1.29, 1.82) is 0 Å². The molecule has 1 fully saturated rings. The van der Waals surface area contributed by atoms with Gasteiger partial charge in [0.2, 0.25) is 6.29 Å². The van der Waals surface area contributed by atoms with Gasteiger partial charge < -0.3 is 49.6 Å². The van der Waals surface area contributed by atoms with E-state index in [-0.39, 0.29) is 11.1 Å². The van der Waals surface area contributed by atoms with Crippen molar-refractivity contribution >= 4 is 11.9 Å². The largest absolute Gasteiger partial charge is 0.478 e. The normalized spacial score (nSPS) is 43.9. The number of rotatable bonds is 5. The molecular formula is C20H24O12. The predicted molar refractivity (Wildman–Crippen MR) is 100 cm³/mol. The lowest BCUT2D eigenvalue weighted by molar-refractivity contribution is -0.344. The first-order valence-electron chi connectivity index (χ1n) is 9.98. The van der Waals surface area contributed by atoms with E-state index in [1.807, 2.05) is 0 Å². The molecule has 4 rings (SSSR count). The standard InChI is InChI=1S/C20H24O12/c1-7(22)9-4-20(32-17(9)28)3-2-8-10(16(26)27)6-29-18(12(8)20)31-19-15(25)14(24)13(23)11(5-21)30-19/h2-4,6-8,11-15,18-19,21-25H,5H2,1H3,(H,26,27)/t7?,8?,11?,12?,13?,14?,15?,18?,19?,20-/m1/s1. The van der Waals surface area contributed by atoms with Crippen LogP contribution in [0.15, 0.2) is 35.6 Å². The Balaban J connectivity index is 1.67. The molecular weight excluding hydrogens is 432 g/mol. The molecule has 0 bridgehead atoms. The van der Waals surface area contributed by atoms with Crippen LogP contribution in [-0.2, 0) is 28.5 Å². The number of fused-ring (bicyclic) bond motifs is 2. The first kappa shape index (κ1) is 22.9. The number of aliphatic carboxylic acids is 1. The van der Waals surface area contributed by atoms with Crippen molar-refractivity contribution in [2.45, 2.75) is 55.6 Å². The summed E-state index contributed by atoms with van der Waals surface area (Å²) in [7, 11) is 0. The van der Waals surface area contributed by atoms with E-state index in [9.17, 15) is 40.2 Å². The van der Waals surface area contributed by atoms with Gasteiger partial charge >= 0.3 is 11.9 Å². The van der Waals surface area contributed by atoms with E-state index in [1.165, 1.54) is 25.2 Å². The van der Waals surface area contributed by atoms with Crippen molar-refractivity contribution in [3.05, 3.63) is 35.6 Å². The fourth-order valence-electron chi connectivity index (χ4n) is 4.46. The summed E-state index contributed by atoms with van der Waals surface area (Å²) in [4.78, 5) is 24.0. The van der Waals surface area contributed by atoms with E-state index >= 15 is 0 Å². The van der Waals surface area contributed by atoms with Gasteiger partial charge in [0, 0.05) is 5.92 Å². The fourth-order valence-corrected chi connectivity index (χ4v) is 4.46. The van der Waals surface area contributed by atoms with E-state index in [0.717, 1.165) is 6.26 Å². The maximum Gasteiger partial charge on any atom is 0.337 e. The average molecular weight is 456 g/mol. The molecule has 1 spiro atoms. The van der Waals surface area contributed by atoms with Crippen molar-refractivity contribution in [1.82, 2.24) is 0 Å². The molecule has 4 aliphatic rings. The van der Waals surface area contributed by atoms with Crippen LogP contribution in [0.1, 0.15) is 6.92 Å². The van der Waals surface area contributed by atoms with Gasteiger partial charge in [-0.15, -0.1) is 0 Å². The molecule has 3 aliphatic heterocycles. The lowest BCUT2D eigenvalue weighted by Gasteiger charge is -2.44. The zero-order valence-corrected chi connectivity index (χ0v) is 16.8. The van der Waals surface area contributed by atoms with Crippen molar-refractivity contribution in [2.75, 3.05) is 6.61 Å². The number of hydrogen-bond acceptors (Lipinski definition) is 11. The summed E-state index contributed by atoms with van der Waals surface area (Å²) in [5.74, 6) is -3.86. The zero-order chi connectivity index (χ0) is 23.4. The Kier molecular flexibility index (Phi) is 5.88. The number of carboxylic acids is 1. The minimum Gasteiger partial charge on any atom is -0.478 e. The Morgan fingerprint density at radius 1 is 1.22 bits per heavy atom. The molecule has 3 heterocycles. The number of aliphatic hydroxyl groups is 5. The highest BCUT2D eigenvalue weighted by atomic mass is 16.8. The van der Waals surface area contributed by atoms with Gasteiger partial charge in [0.05, 0.1) is 36.0 Å². The third-order valence-corrected chi connectivity index (χ3v) is 6.15. The van der Waals surface area contributed by atoms with Gasteiger partial charge in [0.1, 0.15) is 24.4 Å². The van der Waals surface area contributed by atoms with E-state index in [4.69, 9.17) is 18.9 Å². The van der Waals surface area contributed by atoms with E-state index in [1.54, 1.807) is 0 Å². The van der Waals surface area contributed by atoms with Crippen LogP contribution in [0.5, 0.6) is 0 Å². The summed E-state index contributed by atoms with van der Waals surface area (Å²) in [5, 5.41) is 59.1. The Labute approximate surface area is 181 Å². The zero-order valence-electron chi connectivity index (χ0n) is 16.8. The van der Waals surface area contributed by atoms with Gasteiger partial charge in [0.25, 0.3) is 0 Å². The van der Waals surface area contributed by atoms with Crippen LogP contribution in [0.25, 0.3) is 0 Å². The molecule has 0 radical (unpaired) electrons. The third-order valence-electron chi connectivity index (χ3n) is 6.15. The smallest absolute Gasteiger partial charge is 0.337 e. The quantitative estimate of drug-likeness (QED) is 0.189. The molecule has 0 amide bonds. The van der Waals surface area contributed by atoms with Crippen LogP contribution in [0, 0.1) is 11.8 Å². The first-order valence-corrected chi connectivity index (χ1v) is 9.98. The lowest BCUT2D eigenvalue weighted by atomic mass is 9.78. The maximum absolute atomic E-state index is 12.3. The van der Waals surface area contributed by atoms with Gasteiger partial charge in [-0.1, -0.05) is 6.08 Å². The summed E-state index contributed by atoms with van der Waals surface area (Å²) in [6.45, 7) is 0.708. The Bertz CT molecular complexity index is 876. The number of carbonyl (C=O) groups excluding carboxylic acids is 1. The topological polar surface area (TPSA) is 192 Å². The Morgan fingerprint density at radius 3 is 2.53 bits per heavy atom. The molecule has 0 aromatic rings. The van der Waals surface area contributed by atoms with E-state index in [0.29, 0.717) is 0 Å². The van der Waals surface area contributed by atoms with E-state index < -0.39 is 79.1 Å². The number of carboxylic acid groups (broad SMARTS) is 1. The molecule has 0 saturated carbocycles. The molecule has 1 saturated heterocycles. The van der Waals surface area contributed by atoms with Gasteiger partial charge in [0.15, 0.2) is 11.9 Å². The molecule has 1 aliphatic carbocycles. The van der Waals surface area contributed by atoms with Crippen LogP contribution in [-0.4, -0.2) is 97.9 Å². The fraction of sp³-hybridized carbons (Fsp3) is 0.600. The summed E-state index contributed by atoms with van der Waals surface area (Å²) in [6.07, 6.45) is -4.95. The van der Waals surface area contributed by atoms with Gasteiger partial charge in [-0.2, -0.15) is 0 Å². The Hall–Kier alpha value is -2.32. The molecule has 9 unspecified atom stereocenters. The van der Waals surface area contributed by atoms with Crippen LogP contribution in [0.3, 0.4) is 0 Å². The van der Waals surface area contributed by atoms with Gasteiger partial charge in [-0.05, 0) is 19.1 Å². The number of aliphatic hydroxyl groups excluding tert-OH is 5. The van der Waals surface area contributed by atoms with Gasteiger partial charge in [-0.3, -0.25) is 0 Å². The number of allylic oxidation sites excluding steroid dienone is 1. The van der Waals surface area contributed by atoms with Crippen molar-refractivity contribution < 1.29 is 59.2 Å². The van der Waals surface area contributed by atoms with Crippen LogP contribution < -0.4 is 0 Å². The third kappa shape index (κ3) is 3.53. The van der Waals surface area contributed by atoms with Crippen LogP contribution in [0.4, 0.5) is 0 Å². The summed E-state index contributed by atoms with van der Waals surface area (Å²) < 4.78 is 22.1. The number of ether oxygens (including phenoxy) is 4. The minimum absolute atomic E-state index is 0.0201. The minimum atomic E-state index is -1.72. The van der Waals surface area contributed by atoms with Gasteiger partial charge in [-0.25, -0.2) is 9.59 Å².